The lowest BCUT2D eigenvalue weighted by Crippen LogP contribution is -2.31. The average Bonchev–Trinajstić information content (AvgIpc) is 2.84. The second-order valence-electron chi connectivity index (χ2n) is 5.41. The van der Waals surface area contributed by atoms with Gasteiger partial charge in [-0.05, 0) is 40.8 Å². The molecule has 21 heavy (non-hydrogen) atoms. The van der Waals surface area contributed by atoms with Gasteiger partial charge in [-0.25, -0.2) is 4.98 Å². The molecule has 0 saturated heterocycles. The van der Waals surface area contributed by atoms with Gasteiger partial charge in [-0.1, -0.05) is 11.3 Å². The van der Waals surface area contributed by atoms with E-state index in [-0.39, 0.29) is 5.91 Å². The van der Waals surface area contributed by atoms with Crippen molar-refractivity contribution in [3.63, 3.8) is 0 Å². The van der Waals surface area contributed by atoms with Crippen LogP contribution in [-0.4, -0.2) is 55.6 Å². The molecule has 0 spiro atoms. The van der Waals surface area contributed by atoms with Crippen LogP contribution in [0.15, 0.2) is 0 Å². The van der Waals surface area contributed by atoms with Crippen LogP contribution < -0.4 is 16.0 Å². The standard InChI is InChI=1S/C14H27N5OS/c1-6-18(4)14-17-12(15)11(21-14)13(20)16-8-7-9-19(5)10(2)3/h10H,6-9,15H2,1-5H3,(H,16,20). The van der Waals surface area contributed by atoms with E-state index >= 15 is 0 Å². The normalized spacial score (nSPS) is 11.2. The quantitative estimate of drug-likeness (QED) is 0.714. The van der Waals surface area contributed by atoms with Crippen LogP contribution >= 0.6 is 11.3 Å². The Morgan fingerprint density at radius 1 is 1.43 bits per heavy atom. The molecule has 0 bridgehead atoms. The number of amides is 1. The van der Waals surface area contributed by atoms with Crippen molar-refractivity contribution >= 4 is 28.2 Å². The Morgan fingerprint density at radius 3 is 2.67 bits per heavy atom. The van der Waals surface area contributed by atoms with E-state index in [0.717, 1.165) is 24.6 Å². The summed E-state index contributed by atoms with van der Waals surface area (Å²) in [6, 6.07) is 0.519. The number of nitrogens with zero attached hydrogens (tertiary/aromatic N) is 3. The number of hydrogen-bond acceptors (Lipinski definition) is 6. The third-order valence-corrected chi connectivity index (χ3v) is 4.69. The number of hydrogen-bond donors (Lipinski definition) is 2. The lowest BCUT2D eigenvalue weighted by molar-refractivity contribution is 0.0956. The van der Waals surface area contributed by atoms with Crippen LogP contribution in [0.2, 0.25) is 0 Å². The first-order valence-corrected chi connectivity index (χ1v) is 8.14. The maximum Gasteiger partial charge on any atom is 0.265 e. The highest BCUT2D eigenvalue weighted by Gasteiger charge is 2.17. The van der Waals surface area contributed by atoms with Crippen molar-refractivity contribution in [1.82, 2.24) is 15.2 Å². The molecule has 1 amide bonds. The Hall–Kier alpha value is -1.34. The summed E-state index contributed by atoms with van der Waals surface area (Å²) in [5.74, 6) is 0.181. The molecular weight excluding hydrogens is 286 g/mol. The molecule has 0 radical (unpaired) electrons. The molecule has 7 heteroatoms. The summed E-state index contributed by atoms with van der Waals surface area (Å²) in [5.41, 5.74) is 5.83. The summed E-state index contributed by atoms with van der Waals surface area (Å²) < 4.78 is 0. The van der Waals surface area contributed by atoms with Gasteiger partial charge >= 0.3 is 0 Å². The second-order valence-corrected chi connectivity index (χ2v) is 6.39. The topological polar surface area (TPSA) is 74.5 Å². The van der Waals surface area contributed by atoms with E-state index in [2.05, 4.69) is 36.1 Å². The molecule has 0 atom stereocenters. The Balaban J connectivity index is 2.47. The van der Waals surface area contributed by atoms with E-state index in [1.807, 2.05) is 18.9 Å². The van der Waals surface area contributed by atoms with Gasteiger partial charge in [-0.15, -0.1) is 0 Å². The number of anilines is 2. The Bertz CT molecular complexity index is 460. The molecule has 1 heterocycles. The fraction of sp³-hybridized carbons (Fsp3) is 0.714. The van der Waals surface area contributed by atoms with Crippen LogP contribution in [0.5, 0.6) is 0 Å². The zero-order valence-corrected chi connectivity index (χ0v) is 14.5. The van der Waals surface area contributed by atoms with Gasteiger partial charge in [0.15, 0.2) is 5.13 Å². The van der Waals surface area contributed by atoms with Crippen LogP contribution in [0.4, 0.5) is 10.9 Å². The number of rotatable bonds is 8. The highest BCUT2D eigenvalue weighted by molar-refractivity contribution is 7.18. The molecule has 1 aromatic heterocycles. The first-order chi connectivity index (χ1) is 9.86. The second kappa shape index (κ2) is 8.19. The zero-order valence-electron chi connectivity index (χ0n) is 13.6. The average molecular weight is 313 g/mol. The van der Waals surface area contributed by atoms with Gasteiger partial charge in [0.1, 0.15) is 10.7 Å². The summed E-state index contributed by atoms with van der Waals surface area (Å²) in [5, 5.41) is 3.69. The van der Waals surface area contributed by atoms with Crippen molar-refractivity contribution in [2.75, 3.05) is 44.4 Å². The summed E-state index contributed by atoms with van der Waals surface area (Å²) in [7, 11) is 4.02. The number of carbonyl (C=O) groups excluding carboxylic acids is 1. The molecule has 0 aliphatic heterocycles. The molecule has 0 saturated carbocycles. The maximum absolute atomic E-state index is 12.1. The molecule has 0 unspecified atom stereocenters. The van der Waals surface area contributed by atoms with Crippen molar-refractivity contribution in [3.05, 3.63) is 4.88 Å². The van der Waals surface area contributed by atoms with E-state index in [1.54, 1.807) is 0 Å². The third kappa shape index (κ3) is 5.17. The van der Waals surface area contributed by atoms with Crippen LogP contribution in [0.1, 0.15) is 36.9 Å². The summed E-state index contributed by atoms with van der Waals surface area (Å²) >= 11 is 1.34. The van der Waals surface area contributed by atoms with Crippen LogP contribution in [0.25, 0.3) is 0 Å². The number of thiazole rings is 1. The molecule has 3 N–H and O–H groups in total. The van der Waals surface area contributed by atoms with Gasteiger partial charge in [-0.3, -0.25) is 4.79 Å². The van der Waals surface area contributed by atoms with Crippen molar-refractivity contribution in [1.29, 1.82) is 0 Å². The monoisotopic (exact) mass is 313 g/mol. The number of nitrogens with two attached hydrogens (primary N) is 1. The summed E-state index contributed by atoms with van der Waals surface area (Å²) in [4.78, 5) is 21.1. The fourth-order valence-corrected chi connectivity index (χ4v) is 2.58. The molecule has 120 valence electrons. The maximum atomic E-state index is 12.1. The molecular formula is C14H27N5OS. The van der Waals surface area contributed by atoms with E-state index in [4.69, 9.17) is 5.73 Å². The molecule has 0 fully saturated rings. The predicted molar refractivity (Wildman–Crippen MR) is 90.2 cm³/mol. The molecule has 0 aromatic carbocycles. The number of aromatic nitrogens is 1. The lowest BCUT2D eigenvalue weighted by Gasteiger charge is -2.20. The molecule has 1 aromatic rings. The van der Waals surface area contributed by atoms with Gasteiger partial charge in [0, 0.05) is 26.2 Å². The fourth-order valence-electron chi connectivity index (χ4n) is 1.65. The van der Waals surface area contributed by atoms with E-state index < -0.39 is 0 Å². The smallest absolute Gasteiger partial charge is 0.265 e. The van der Waals surface area contributed by atoms with Crippen molar-refractivity contribution < 1.29 is 4.79 Å². The predicted octanol–water partition coefficient (Wildman–Crippen LogP) is 1.64. The van der Waals surface area contributed by atoms with Crippen molar-refractivity contribution in [3.8, 4) is 0 Å². The third-order valence-electron chi connectivity index (χ3n) is 3.50. The zero-order chi connectivity index (χ0) is 16.0. The van der Waals surface area contributed by atoms with Gasteiger partial charge in [0.2, 0.25) is 0 Å². The highest BCUT2D eigenvalue weighted by atomic mass is 32.1. The first kappa shape index (κ1) is 17.7. The van der Waals surface area contributed by atoms with Gasteiger partial charge in [0.05, 0.1) is 0 Å². The number of nitrogen functional groups attached to an aromatic ring is 1. The van der Waals surface area contributed by atoms with Gasteiger partial charge < -0.3 is 20.9 Å². The molecule has 1 rings (SSSR count). The minimum atomic E-state index is -0.132. The lowest BCUT2D eigenvalue weighted by atomic mass is 10.3. The summed E-state index contributed by atoms with van der Waals surface area (Å²) in [6.07, 6.45) is 0.918. The van der Waals surface area contributed by atoms with Gasteiger partial charge in [-0.2, -0.15) is 0 Å². The first-order valence-electron chi connectivity index (χ1n) is 7.32. The van der Waals surface area contributed by atoms with Crippen LogP contribution in [0.3, 0.4) is 0 Å². The molecule has 0 aliphatic rings. The Kier molecular flexibility index (Phi) is 6.91. The largest absolute Gasteiger partial charge is 0.382 e. The minimum Gasteiger partial charge on any atom is -0.382 e. The van der Waals surface area contributed by atoms with E-state index in [1.165, 1.54) is 11.3 Å². The SMILES string of the molecule is CCN(C)c1nc(N)c(C(=O)NCCCN(C)C(C)C)s1. The Labute approximate surface area is 131 Å². The van der Waals surface area contributed by atoms with Crippen LogP contribution in [-0.2, 0) is 0 Å². The van der Waals surface area contributed by atoms with Crippen molar-refractivity contribution in [2.24, 2.45) is 0 Å². The number of nitrogens with one attached hydrogen (secondary N) is 1. The van der Waals surface area contributed by atoms with Crippen LogP contribution in [0, 0.1) is 0 Å². The van der Waals surface area contributed by atoms with Crippen molar-refractivity contribution in [2.45, 2.75) is 33.2 Å². The summed E-state index contributed by atoms with van der Waals surface area (Å²) in [6.45, 7) is 8.77. The Morgan fingerprint density at radius 2 is 2.10 bits per heavy atom. The number of carbonyl (C=O) groups is 1. The molecule has 6 nitrogen and oxygen atoms in total. The van der Waals surface area contributed by atoms with E-state index in [9.17, 15) is 4.79 Å². The highest BCUT2D eigenvalue weighted by Crippen LogP contribution is 2.27. The minimum absolute atomic E-state index is 0.132. The van der Waals surface area contributed by atoms with Gasteiger partial charge in [0.25, 0.3) is 5.91 Å². The molecule has 0 aliphatic carbocycles. The van der Waals surface area contributed by atoms with E-state index in [0.29, 0.717) is 23.3 Å².